The van der Waals surface area contributed by atoms with Gasteiger partial charge in [-0.25, -0.2) is 0 Å². The van der Waals surface area contributed by atoms with Crippen molar-refractivity contribution in [3.8, 4) is 0 Å². The highest BCUT2D eigenvalue weighted by Crippen LogP contribution is 2.28. The molecule has 0 heterocycles. The number of aryl methyl sites for hydroxylation is 1. The van der Waals surface area contributed by atoms with Crippen molar-refractivity contribution in [2.75, 3.05) is 11.1 Å². The van der Waals surface area contributed by atoms with Crippen molar-refractivity contribution in [3.05, 3.63) is 59.2 Å². The molecule has 0 spiro atoms. The van der Waals surface area contributed by atoms with Crippen LogP contribution in [0.5, 0.6) is 0 Å². The maximum Gasteiger partial charge on any atom is 0.256 e. The van der Waals surface area contributed by atoms with E-state index in [9.17, 15) is 9.59 Å². The third kappa shape index (κ3) is 4.76. The van der Waals surface area contributed by atoms with Crippen molar-refractivity contribution in [1.29, 1.82) is 0 Å². The van der Waals surface area contributed by atoms with E-state index in [4.69, 9.17) is 5.73 Å². The van der Waals surface area contributed by atoms with Crippen molar-refractivity contribution in [3.63, 3.8) is 0 Å². The lowest BCUT2D eigenvalue weighted by molar-refractivity contribution is -0.130. The van der Waals surface area contributed by atoms with Gasteiger partial charge in [-0.2, -0.15) is 0 Å². The first-order valence-electron chi connectivity index (χ1n) is 8.47. The minimum absolute atomic E-state index is 0. The van der Waals surface area contributed by atoms with Gasteiger partial charge < -0.3 is 16.0 Å². The van der Waals surface area contributed by atoms with Crippen LogP contribution in [-0.2, 0) is 11.3 Å². The fraction of sp³-hybridized carbons (Fsp3) is 0.300. The van der Waals surface area contributed by atoms with Crippen LogP contribution in [0.1, 0.15) is 41.3 Å². The lowest BCUT2D eigenvalue weighted by Crippen LogP contribution is -2.30. The molecule has 3 rings (SSSR count). The molecule has 0 radical (unpaired) electrons. The molecule has 0 atom stereocenters. The lowest BCUT2D eigenvalue weighted by Gasteiger charge is -2.20. The number of nitrogens with zero attached hydrogens (tertiary/aromatic N) is 1. The Morgan fingerprint density at radius 3 is 2.38 bits per heavy atom. The second-order valence-corrected chi connectivity index (χ2v) is 6.60. The second kappa shape index (κ2) is 8.23. The standard InChI is InChI=1S/C20H23N3O2.ClH/c1-13-3-6-16(21)11-19(13)20(25)22-17-7-4-15(5-8-17)12-23(14(2)24)18-9-10-18;/h3-8,11,18H,9-10,12,21H2,1-2H3,(H,22,25);1H. The van der Waals surface area contributed by atoms with Gasteiger partial charge in [-0.3, -0.25) is 9.59 Å². The van der Waals surface area contributed by atoms with Gasteiger partial charge in [0.1, 0.15) is 0 Å². The van der Waals surface area contributed by atoms with E-state index in [0.717, 1.165) is 29.7 Å². The molecular weight excluding hydrogens is 350 g/mol. The van der Waals surface area contributed by atoms with Gasteiger partial charge in [0, 0.05) is 36.4 Å². The fourth-order valence-electron chi connectivity index (χ4n) is 2.86. The molecule has 2 amide bonds. The van der Waals surface area contributed by atoms with Gasteiger partial charge in [0.25, 0.3) is 5.91 Å². The topological polar surface area (TPSA) is 75.4 Å². The molecule has 0 unspecified atom stereocenters. The summed E-state index contributed by atoms with van der Waals surface area (Å²) in [7, 11) is 0. The minimum atomic E-state index is -0.180. The molecule has 138 valence electrons. The summed E-state index contributed by atoms with van der Waals surface area (Å²) in [5.41, 5.74) is 9.56. The van der Waals surface area contributed by atoms with E-state index in [0.29, 0.717) is 23.8 Å². The molecule has 0 saturated heterocycles. The molecule has 6 heteroatoms. The van der Waals surface area contributed by atoms with Crippen molar-refractivity contribution in [1.82, 2.24) is 4.90 Å². The summed E-state index contributed by atoms with van der Waals surface area (Å²) in [6.07, 6.45) is 2.18. The average molecular weight is 374 g/mol. The molecule has 1 saturated carbocycles. The summed E-state index contributed by atoms with van der Waals surface area (Å²) in [6.45, 7) is 4.11. The van der Waals surface area contributed by atoms with E-state index >= 15 is 0 Å². The number of nitrogen functional groups attached to an aromatic ring is 1. The van der Waals surface area contributed by atoms with Crippen LogP contribution in [0.2, 0.25) is 0 Å². The Morgan fingerprint density at radius 2 is 1.81 bits per heavy atom. The van der Waals surface area contributed by atoms with Gasteiger partial charge in [-0.15, -0.1) is 12.4 Å². The molecule has 1 aliphatic rings. The highest BCUT2D eigenvalue weighted by Gasteiger charge is 2.30. The molecule has 5 nitrogen and oxygen atoms in total. The number of carbonyl (C=O) groups excluding carboxylic acids is 2. The number of nitrogens with two attached hydrogens (primary N) is 1. The van der Waals surface area contributed by atoms with Crippen LogP contribution < -0.4 is 11.1 Å². The van der Waals surface area contributed by atoms with E-state index in [1.54, 1.807) is 19.1 Å². The van der Waals surface area contributed by atoms with Gasteiger partial charge >= 0.3 is 0 Å². The van der Waals surface area contributed by atoms with Crippen molar-refractivity contribution in [2.45, 2.75) is 39.3 Å². The Morgan fingerprint density at radius 1 is 1.15 bits per heavy atom. The Kier molecular flexibility index (Phi) is 6.27. The molecule has 0 aliphatic heterocycles. The van der Waals surface area contributed by atoms with Crippen LogP contribution in [0.25, 0.3) is 0 Å². The predicted octanol–water partition coefficient (Wildman–Crippen LogP) is 3.76. The monoisotopic (exact) mass is 373 g/mol. The largest absolute Gasteiger partial charge is 0.399 e. The van der Waals surface area contributed by atoms with E-state index in [-0.39, 0.29) is 24.2 Å². The average Bonchev–Trinajstić information content (AvgIpc) is 3.40. The predicted molar refractivity (Wildman–Crippen MR) is 106 cm³/mol. The normalized spacial score (nSPS) is 12.8. The number of carbonyl (C=O) groups is 2. The number of hydrogen-bond donors (Lipinski definition) is 2. The maximum absolute atomic E-state index is 12.4. The van der Waals surface area contributed by atoms with E-state index in [1.807, 2.05) is 42.2 Å². The second-order valence-electron chi connectivity index (χ2n) is 6.60. The van der Waals surface area contributed by atoms with Gasteiger partial charge in [-0.1, -0.05) is 18.2 Å². The van der Waals surface area contributed by atoms with Gasteiger partial charge in [-0.05, 0) is 55.2 Å². The maximum atomic E-state index is 12.4. The molecule has 26 heavy (non-hydrogen) atoms. The molecular formula is C20H24ClN3O2. The number of amides is 2. The number of halogens is 1. The van der Waals surface area contributed by atoms with Gasteiger partial charge in [0.2, 0.25) is 5.91 Å². The number of benzene rings is 2. The third-order valence-corrected chi connectivity index (χ3v) is 4.46. The van der Waals surface area contributed by atoms with Crippen molar-refractivity contribution >= 4 is 35.6 Å². The molecule has 2 aromatic rings. The molecule has 3 N–H and O–H groups in total. The first kappa shape index (κ1) is 19.8. The summed E-state index contributed by atoms with van der Waals surface area (Å²) in [6, 6.07) is 13.3. The summed E-state index contributed by atoms with van der Waals surface area (Å²) in [4.78, 5) is 26.0. The molecule has 2 aromatic carbocycles. The first-order valence-corrected chi connectivity index (χ1v) is 8.47. The Labute approximate surface area is 160 Å². The van der Waals surface area contributed by atoms with E-state index < -0.39 is 0 Å². The van der Waals surface area contributed by atoms with Crippen LogP contribution in [0.15, 0.2) is 42.5 Å². The van der Waals surface area contributed by atoms with E-state index in [2.05, 4.69) is 5.32 Å². The van der Waals surface area contributed by atoms with Crippen LogP contribution in [-0.4, -0.2) is 22.8 Å². The molecule has 0 bridgehead atoms. The zero-order valence-electron chi connectivity index (χ0n) is 15.0. The first-order chi connectivity index (χ1) is 11.9. The smallest absolute Gasteiger partial charge is 0.256 e. The van der Waals surface area contributed by atoms with Crippen LogP contribution >= 0.6 is 12.4 Å². The Balaban J connectivity index is 0.00000243. The summed E-state index contributed by atoms with van der Waals surface area (Å²) in [5.74, 6) is -0.0714. The zero-order chi connectivity index (χ0) is 18.0. The van der Waals surface area contributed by atoms with Crippen LogP contribution in [0, 0.1) is 6.92 Å². The number of hydrogen-bond acceptors (Lipinski definition) is 3. The highest BCUT2D eigenvalue weighted by atomic mass is 35.5. The summed E-state index contributed by atoms with van der Waals surface area (Å²) >= 11 is 0. The third-order valence-electron chi connectivity index (χ3n) is 4.46. The molecule has 0 aromatic heterocycles. The Bertz CT molecular complexity index is 801. The molecule has 1 aliphatic carbocycles. The zero-order valence-corrected chi connectivity index (χ0v) is 15.8. The number of nitrogens with one attached hydrogen (secondary N) is 1. The van der Waals surface area contributed by atoms with Gasteiger partial charge in [0.15, 0.2) is 0 Å². The fourth-order valence-corrected chi connectivity index (χ4v) is 2.86. The van der Waals surface area contributed by atoms with Gasteiger partial charge in [0.05, 0.1) is 0 Å². The van der Waals surface area contributed by atoms with E-state index in [1.165, 1.54) is 0 Å². The summed E-state index contributed by atoms with van der Waals surface area (Å²) < 4.78 is 0. The SMILES string of the molecule is CC(=O)N(Cc1ccc(NC(=O)c2cc(N)ccc2C)cc1)C1CC1.Cl. The quantitative estimate of drug-likeness (QED) is 0.783. The number of anilines is 2. The summed E-state index contributed by atoms with van der Waals surface area (Å²) in [5, 5.41) is 2.89. The minimum Gasteiger partial charge on any atom is -0.399 e. The number of rotatable bonds is 5. The highest BCUT2D eigenvalue weighted by molar-refractivity contribution is 6.05. The van der Waals surface area contributed by atoms with Crippen molar-refractivity contribution < 1.29 is 9.59 Å². The van der Waals surface area contributed by atoms with Crippen molar-refractivity contribution in [2.24, 2.45) is 0 Å². The Hall–Kier alpha value is -2.53. The van der Waals surface area contributed by atoms with Crippen LogP contribution in [0.4, 0.5) is 11.4 Å². The van der Waals surface area contributed by atoms with Crippen LogP contribution in [0.3, 0.4) is 0 Å². The molecule has 1 fully saturated rings. The lowest BCUT2D eigenvalue weighted by atomic mass is 10.1.